The molecule has 0 radical (unpaired) electrons. The fraction of sp³-hybridized carbons (Fsp3) is 0. The summed E-state index contributed by atoms with van der Waals surface area (Å²) in [5.41, 5.74) is 11.1. The molecule has 0 amide bonds. The van der Waals surface area contributed by atoms with E-state index in [1.165, 1.54) is 12.3 Å². The molecule has 0 fully saturated rings. The first-order valence-corrected chi connectivity index (χ1v) is 4.97. The summed E-state index contributed by atoms with van der Waals surface area (Å²) in [4.78, 5) is 0. The van der Waals surface area contributed by atoms with Crippen LogP contribution in [-0.2, 0) is 0 Å². The summed E-state index contributed by atoms with van der Waals surface area (Å²) in [6, 6.07) is 10.2. The zero-order chi connectivity index (χ0) is 12.3. The number of fused-ring (bicyclic) bond motifs is 1. The van der Waals surface area contributed by atoms with E-state index in [1.807, 2.05) is 12.1 Å². The third kappa shape index (κ3) is 2.39. The first-order valence-electron chi connectivity index (χ1n) is 4.97. The van der Waals surface area contributed by atoms with Crippen LogP contribution in [0.5, 0.6) is 0 Å². The average molecular weight is 230 g/mol. The van der Waals surface area contributed by atoms with E-state index in [1.54, 1.807) is 18.2 Å². The molecule has 2 aromatic rings. The molecule has 17 heavy (non-hydrogen) atoms. The molecule has 4 N–H and O–H groups in total. The fourth-order valence-corrected chi connectivity index (χ4v) is 1.56. The zero-order valence-electron chi connectivity index (χ0n) is 8.97. The van der Waals surface area contributed by atoms with Crippen molar-refractivity contribution in [1.82, 2.24) is 0 Å². The maximum atomic E-state index is 13.5. The first kappa shape index (κ1) is 11.1. The van der Waals surface area contributed by atoms with Crippen LogP contribution in [0, 0.1) is 5.82 Å². The van der Waals surface area contributed by atoms with Gasteiger partial charge in [0.15, 0.2) is 0 Å². The number of benzene rings is 2. The Morgan fingerprint density at radius 2 is 1.76 bits per heavy atom. The molecule has 0 aliphatic rings. The summed E-state index contributed by atoms with van der Waals surface area (Å²) in [5.74, 6) is -0.382. The van der Waals surface area contributed by atoms with Crippen LogP contribution in [0.3, 0.4) is 0 Å². The second-order valence-electron chi connectivity index (χ2n) is 3.45. The Morgan fingerprint density at radius 1 is 1.06 bits per heavy atom. The van der Waals surface area contributed by atoms with E-state index in [4.69, 9.17) is 11.5 Å². The van der Waals surface area contributed by atoms with E-state index in [-0.39, 0.29) is 11.8 Å². The van der Waals surface area contributed by atoms with Crippen LogP contribution in [-0.4, -0.2) is 12.2 Å². The van der Waals surface area contributed by atoms with E-state index < -0.39 is 0 Å². The van der Waals surface area contributed by atoms with Crippen molar-refractivity contribution in [3.63, 3.8) is 0 Å². The highest BCUT2D eigenvalue weighted by atomic mass is 19.1. The summed E-state index contributed by atoms with van der Waals surface area (Å²) in [6.07, 6.45) is 1.49. The molecule has 86 valence electrons. The summed E-state index contributed by atoms with van der Waals surface area (Å²) >= 11 is 0. The lowest BCUT2D eigenvalue weighted by Crippen LogP contribution is -2.21. The quantitative estimate of drug-likeness (QED) is 0.467. The van der Waals surface area contributed by atoms with Gasteiger partial charge in [-0.05, 0) is 17.5 Å². The normalized spacial score (nSPS) is 10.9. The highest BCUT2D eigenvalue weighted by Crippen LogP contribution is 2.20. The molecule has 0 heterocycles. The van der Waals surface area contributed by atoms with E-state index in [2.05, 4.69) is 10.2 Å². The van der Waals surface area contributed by atoms with Crippen molar-refractivity contribution in [2.24, 2.45) is 21.7 Å². The van der Waals surface area contributed by atoms with Gasteiger partial charge in [-0.2, -0.15) is 5.10 Å². The molecule has 0 saturated carbocycles. The highest BCUT2D eigenvalue weighted by molar-refractivity contribution is 6.00. The lowest BCUT2D eigenvalue weighted by atomic mass is 10.1. The number of rotatable bonds is 2. The number of nitrogens with two attached hydrogens (primary N) is 2. The third-order valence-corrected chi connectivity index (χ3v) is 2.27. The van der Waals surface area contributed by atoms with Crippen molar-refractivity contribution in [1.29, 1.82) is 0 Å². The lowest BCUT2D eigenvalue weighted by molar-refractivity contribution is 0.640. The van der Waals surface area contributed by atoms with Gasteiger partial charge >= 0.3 is 0 Å². The summed E-state index contributed by atoms with van der Waals surface area (Å²) < 4.78 is 13.5. The lowest BCUT2D eigenvalue weighted by Gasteiger charge is -2.02. The van der Waals surface area contributed by atoms with Gasteiger partial charge in [-0.15, -0.1) is 5.10 Å². The Bertz CT molecular complexity index is 600. The van der Waals surface area contributed by atoms with Gasteiger partial charge < -0.3 is 11.5 Å². The minimum atomic E-state index is -0.264. The molecule has 2 aromatic carbocycles. The smallest absolute Gasteiger partial charge is 0.211 e. The fourth-order valence-electron chi connectivity index (χ4n) is 1.56. The molecule has 0 spiro atoms. The number of hydrogen-bond acceptors (Lipinski definition) is 2. The van der Waals surface area contributed by atoms with Crippen LogP contribution in [0.15, 0.2) is 46.6 Å². The SMILES string of the molecule is NC(N)=N/N=C/c1ccc(F)c2ccccc12. The van der Waals surface area contributed by atoms with Crippen molar-refractivity contribution >= 4 is 22.9 Å². The van der Waals surface area contributed by atoms with Crippen LogP contribution in [0.1, 0.15) is 5.56 Å². The number of hydrogen-bond donors (Lipinski definition) is 2. The summed E-state index contributed by atoms with van der Waals surface area (Å²) in [6.45, 7) is 0. The monoisotopic (exact) mass is 230 g/mol. The second-order valence-corrected chi connectivity index (χ2v) is 3.45. The van der Waals surface area contributed by atoms with Crippen LogP contribution >= 0.6 is 0 Å². The molecule has 0 aliphatic carbocycles. The Hall–Kier alpha value is -2.43. The van der Waals surface area contributed by atoms with E-state index in [0.717, 1.165) is 10.9 Å². The molecular formula is C12H11FN4. The topological polar surface area (TPSA) is 76.8 Å². The van der Waals surface area contributed by atoms with Crippen molar-refractivity contribution in [3.05, 3.63) is 47.8 Å². The van der Waals surface area contributed by atoms with Gasteiger partial charge in [-0.25, -0.2) is 4.39 Å². The minimum Gasteiger partial charge on any atom is -0.369 e. The van der Waals surface area contributed by atoms with E-state index >= 15 is 0 Å². The zero-order valence-corrected chi connectivity index (χ0v) is 8.97. The molecule has 2 rings (SSSR count). The Morgan fingerprint density at radius 3 is 2.47 bits per heavy atom. The Kier molecular flexibility index (Phi) is 3.00. The predicted octanol–water partition coefficient (Wildman–Crippen LogP) is 1.59. The number of guanidine groups is 1. The van der Waals surface area contributed by atoms with Crippen LogP contribution in [0.25, 0.3) is 10.8 Å². The minimum absolute atomic E-state index is 0.118. The van der Waals surface area contributed by atoms with Crippen LogP contribution in [0.4, 0.5) is 4.39 Å². The maximum Gasteiger partial charge on any atom is 0.211 e. The molecule has 0 aromatic heterocycles. The molecule has 0 unspecified atom stereocenters. The van der Waals surface area contributed by atoms with Crippen molar-refractivity contribution < 1.29 is 4.39 Å². The average Bonchev–Trinajstić information content (AvgIpc) is 2.32. The standard InChI is InChI=1S/C12H11FN4/c13-11-6-5-8(7-16-17-12(14)15)9-3-1-2-4-10(9)11/h1-7H,(H4,14,15,17)/b16-7+. The van der Waals surface area contributed by atoms with Crippen molar-refractivity contribution in [2.45, 2.75) is 0 Å². The van der Waals surface area contributed by atoms with Crippen molar-refractivity contribution in [2.75, 3.05) is 0 Å². The van der Waals surface area contributed by atoms with Crippen LogP contribution in [0.2, 0.25) is 0 Å². The molecule has 5 heteroatoms. The molecule has 0 bridgehead atoms. The third-order valence-electron chi connectivity index (χ3n) is 2.27. The van der Waals surface area contributed by atoms with Gasteiger partial charge in [-0.3, -0.25) is 0 Å². The molecule has 4 nitrogen and oxygen atoms in total. The van der Waals surface area contributed by atoms with Gasteiger partial charge in [0.05, 0.1) is 6.21 Å². The predicted molar refractivity (Wildman–Crippen MR) is 67.3 cm³/mol. The number of nitrogens with zero attached hydrogens (tertiary/aromatic N) is 2. The Balaban J connectivity index is 2.52. The summed E-state index contributed by atoms with van der Waals surface area (Å²) in [7, 11) is 0. The summed E-state index contributed by atoms with van der Waals surface area (Å²) in [5, 5.41) is 8.52. The van der Waals surface area contributed by atoms with Gasteiger partial charge in [0, 0.05) is 10.9 Å². The first-order chi connectivity index (χ1) is 8.18. The van der Waals surface area contributed by atoms with E-state index in [0.29, 0.717) is 5.39 Å². The van der Waals surface area contributed by atoms with Crippen molar-refractivity contribution in [3.8, 4) is 0 Å². The molecule has 0 aliphatic heterocycles. The molecule has 0 atom stereocenters. The van der Waals surface area contributed by atoms with Gasteiger partial charge in [-0.1, -0.05) is 24.3 Å². The van der Waals surface area contributed by atoms with Gasteiger partial charge in [0.2, 0.25) is 5.96 Å². The number of halogens is 1. The highest BCUT2D eigenvalue weighted by Gasteiger charge is 2.02. The van der Waals surface area contributed by atoms with Gasteiger partial charge in [0.25, 0.3) is 0 Å². The second kappa shape index (κ2) is 4.61. The van der Waals surface area contributed by atoms with Gasteiger partial charge in [0.1, 0.15) is 5.82 Å². The van der Waals surface area contributed by atoms with Crippen LogP contribution < -0.4 is 11.5 Å². The largest absolute Gasteiger partial charge is 0.369 e. The molecular weight excluding hydrogens is 219 g/mol. The Labute approximate surface area is 97.4 Å². The molecule has 0 saturated heterocycles. The van der Waals surface area contributed by atoms with E-state index in [9.17, 15) is 4.39 Å². The maximum absolute atomic E-state index is 13.5.